The molecule has 0 spiro atoms. The summed E-state index contributed by atoms with van der Waals surface area (Å²) >= 11 is 0. The van der Waals surface area contributed by atoms with Crippen molar-refractivity contribution in [1.29, 1.82) is 0 Å². The van der Waals surface area contributed by atoms with Crippen LogP contribution >= 0.6 is 0 Å². The van der Waals surface area contributed by atoms with Crippen molar-refractivity contribution in [1.82, 2.24) is 9.97 Å². The van der Waals surface area contributed by atoms with Crippen LogP contribution in [0.4, 0.5) is 4.39 Å². The van der Waals surface area contributed by atoms with Crippen molar-refractivity contribution >= 4 is 11.0 Å². The van der Waals surface area contributed by atoms with Gasteiger partial charge in [0.1, 0.15) is 60.5 Å². The average Bonchev–Trinajstić information content (AvgIpc) is 3.18. The molecule has 9 N–H and O–H groups in total. The fourth-order valence-electron chi connectivity index (χ4n) is 3.47. The Bertz CT molecular complexity index is 873. The van der Waals surface area contributed by atoms with Crippen molar-refractivity contribution < 1.29 is 54.7 Å². The van der Waals surface area contributed by atoms with E-state index in [4.69, 9.17) is 9.47 Å². The highest BCUT2D eigenvalue weighted by Gasteiger charge is 2.47. The SMILES string of the molecule is Cc1cc2nc(C(O)[C@@H](O)[C@H](O[C@H]3OC(CO)[C@@H](O)[C@H](O)C3O)C(O)CO)[nH]c2cc1F. The molecule has 2 aromatic rings. The summed E-state index contributed by atoms with van der Waals surface area (Å²) in [6, 6.07) is 2.58. The molecule has 13 heteroatoms. The summed E-state index contributed by atoms with van der Waals surface area (Å²) < 4.78 is 24.3. The van der Waals surface area contributed by atoms with Crippen molar-refractivity contribution in [3.63, 3.8) is 0 Å². The van der Waals surface area contributed by atoms with Gasteiger partial charge in [-0.05, 0) is 24.6 Å². The lowest BCUT2D eigenvalue weighted by Crippen LogP contribution is -2.61. The normalized spacial score (nSPS) is 30.2. The first kappa shape index (κ1) is 24.9. The van der Waals surface area contributed by atoms with Gasteiger partial charge in [-0.1, -0.05) is 0 Å². The van der Waals surface area contributed by atoms with E-state index in [1.807, 2.05) is 0 Å². The van der Waals surface area contributed by atoms with Gasteiger partial charge >= 0.3 is 0 Å². The van der Waals surface area contributed by atoms with Crippen molar-refractivity contribution in [2.24, 2.45) is 0 Å². The molecule has 1 aromatic heterocycles. The van der Waals surface area contributed by atoms with Gasteiger partial charge in [0.15, 0.2) is 6.29 Å². The lowest BCUT2D eigenvalue weighted by molar-refractivity contribution is -0.327. The number of aliphatic hydroxyl groups is 8. The Kier molecular flexibility index (Phi) is 7.77. The van der Waals surface area contributed by atoms with Crippen LogP contribution in [0, 0.1) is 12.7 Å². The van der Waals surface area contributed by atoms with Crippen molar-refractivity contribution in [3.05, 3.63) is 29.3 Å². The molecule has 1 fully saturated rings. The third kappa shape index (κ3) is 4.77. The second-order valence-electron chi connectivity index (χ2n) is 7.72. The van der Waals surface area contributed by atoms with E-state index < -0.39 is 74.2 Å². The van der Waals surface area contributed by atoms with E-state index in [0.717, 1.165) is 6.07 Å². The fraction of sp³-hybridized carbons (Fsp3) is 0.632. The van der Waals surface area contributed by atoms with Gasteiger partial charge in [0, 0.05) is 0 Å². The first-order chi connectivity index (χ1) is 15.1. The molecule has 1 aromatic carbocycles. The topological polar surface area (TPSA) is 209 Å². The van der Waals surface area contributed by atoms with E-state index in [-0.39, 0.29) is 11.3 Å². The van der Waals surface area contributed by atoms with Crippen LogP contribution in [-0.2, 0) is 9.47 Å². The third-order valence-corrected chi connectivity index (χ3v) is 5.43. The number of aromatic nitrogens is 2. The molecular formula is C19H27FN2O10. The first-order valence-electron chi connectivity index (χ1n) is 9.85. The number of H-pyrrole nitrogens is 1. The van der Waals surface area contributed by atoms with Crippen LogP contribution in [0.15, 0.2) is 12.1 Å². The van der Waals surface area contributed by atoms with Gasteiger partial charge in [-0.15, -0.1) is 0 Å². The van der Waals surface area contributed by atoms with E-state index in [2.05, 4.69) is 9.97 Å². The zero-order valence-corrected chi connectivity index (χ0v) is 17.0. The molecule has 0 saturated carbocycles. The van der Waals surface area contributed by atoms with Crippen LogP contribution in [-0.4, -0.2) is 113 Å². The smallest absolute Gasteiger partial charge is 0.187 e. The molecule has 180 valence electrons. The summed E-state index contributed by atoms with van der Waals surface area (Å²) in [6.07, 6.45) is -15.7. The van der Waals surface area contributed by atoms with Gasteiger partial charge < -0.3 is 55.3 Å². The number of aryl methyl sites for hydroxylation is 1. The summed E-state index contributed by atoms with van der Waals surface area (Å²) in [5, 5.41) is 79.9. The van der Waals surface area contributed by atoms with E-state index in [9.17, 15) is 45.2 Å². The van der Waals surface area contributed by atoms with E-state index in [1.165, 1.54) is 13.0 Å². The summed E-state index contributed by atoms with van der Waals surface area (Å²) in [5.74, 6) is -0.702. The molecule has 1 aliphatic heterocycles. The highest BCUT2D eigenvalue weighted by Crippen LogP contribution is 2.28. The van der Waals surface area contributed by atoms with Gasteiger partial charge in [0.05, 0.1) is 24.2 Å². The number of halogens is 1. The summed E-state index contributed by atoms with van der Waals surface area (Å²) in [7, 11) is 0. The molecule has 3 rings (SSSR count). The number of aliphatic hydroxyl groups excluding tert-OH is 8. The summed E-state index contributed by atoms with van der Waals surface area (Å²) in [6.45, 7) is -0.134. The van der Waals surface area contributed by atoms with Crippen LogP contribution in [0.1, 0.15) is 17.5 Å². The van der Waals surface area contributed by atoms with Crippen LogP contribution in [0.25, 0.3) is 11.0 Å². The van der Waals surface area contributed by atoms with Gasteiger partial charge in [0.2, 0.25) is 0 Å². The molecule has 0 amide bonds. The van der Waals surface area contributed by atoms with Crippen molar-refractivity contribution in [2.45, 2.75) is 62.0 Å². The minimum absolute atomic E-state index is 0.190. The number of imidazole rings is 1. The number of rotatable bonds is 8. The number of fused-ring (bicyclic) bond motifs is 1. The fourth-order valence-corrected chi connectivity index (χ4v) is 3.47. The maximum atomic E-state index is 13.8. The first-order valence-corrected chi connectivity index (χ1v) is 9.85. The third-order valence-electron chi connectivity index (χ3n) is 5.43. The Hall–Kier alpha value is -1.78. The van der Waals surface area contributed by atoms with Gasteiger partial charge in [-0.2, -0.15) is 0 Å². The Balaban J connectivity index is 1.83. The number of aromatic amines is 1. The molecule has 0 bridgehead atoms. The van der Waals surface area contributed by atoms with Crippen LogP contribution in [0.5, 0.6) is 0 Å². The van der Waals surface area contributed by atoms with E-state index >= 15 is 0 Å². The Morgan fingerprint density at radius 1 is 1.12 bits per heavy atom. The van der Waals surface area contributed by atoms with Gasteiger partial charge in [0.25, 0.3) is 0 Å². The summed E-state index contributed by atoms with van der Waals surface area (Å²) in [5.41, 5.74) is 0.854. The highest BCUT2D eigenvalue weighted by atomic mass is 19.1. The molecule has 9 atom stereocenters. The monoisotopic (exact) mass is 462 g/mol. The van der Waals surface area contributed by atoms with Crippen LogP contribution in [0.3, 0.4) is 0 Å². The highest BCUT2D eigenvalue weighted by molar-refractivity contribution is 5.76. The van der Waals surface area contributed by atoms with Crippen LogP contribution < -0.4 is 0 Å². The summed E-state index contributed by atoms with van der Waals surface area (Å²) in [4.78, 5) is 6.74. The Labute approximate surface area is 181 Å². The standard InChI is InChI=1S/C19H27FN2O10/c1-6-2-8-9(3-7(6)20)22-18(21-8)15(29)14(28)17(10(25)4-23)32-19-16(30)13(27)12(26)11(5-24)31-19/h2-3,10-17,19,23-30H,4-5H2,1H3,(H,21,22)/t10?,11?,12-,13+,14-,15?,16?,17-,19-/m1/s1. The number of hydrogen-bond donors (Lipinski definition) is 9. The second-order valence-corrected chi connectivity index (χ2v) is 7.72. The number of ether oxygens (including phenoxy) is 2. The van der Waals surface area contributed by atoms with E-state index in [1.54, 1.807) is 0 Å². The Morgan fingerprint density at radius 2 is 1.81 bits per heavy atom. The lowest BCUT2D eigenvalue weighted by Gasteiger charge is -2.42. The molecule has 0 radical (unpaired) electrons. The maximum Gasteiger partial charge on any atom is 0.187 e. The number of nitrogens with one attached hydrogen (secondary N) is 1. The minimum Gasteiger partial charge on any atom is -0.394 e. The second kappa shape index (κ2) is 10.0. The quantitative estimate of drug-likeness (QED) is 0.192. The number of nitrogens with zero attached hydrogens (tertiary/aromatic N) is 1. The van der Waals surface area contributed by atoms with Crippen LogP contribution in [0.2, 0.25) is 0 Å². The van der Waals surface area contributed by atoms with Gasteiger partial charge in [-0.25, -0.2) is 9.37 Å². The lowest BCUT2D eigenvalue weighted by atomic mass is 9.98. The molecule has 1 saturated heterocycles. The zero-order chi connectivity index (χ0) is 23.7. The average molecular weight is 462 g/mol. The molecule has 2 heterocycles. The molecule has 4 unspecified atom stereocenters. The molecule has 12 nitrogen and oxygen atoms in total. The molecular weight excluding hydrogens is 435 g/mol. The molecule has 32 heavy (non-hydrogen) atoms. The zero-order valence-electron chi connectivity index (χ0n) is 17.0. The Morgan fingerprint density at radius 3 is 2.44 bits per heavy atom. The van der Waals surface area contributed by atoms with Crippen molar-refractivity contribution in [2.75, 3.05) is 13.2 Å². The number of benzene rings is 1. The maximum absolute atomic E-state index is 13.8. The largest absolute Gasteiger partial charge is 0.394 e. The van der Waals surface area contributed by atoms with E-state index in [0.29, 0.717) is 11.1 Å². The van der Waals surface area contributed by atoms with Gasteiger partial charge in [-0.3, -0.25) is 0 Å². The van der Waals surface area contributed by atoms with Crippen molar-refractivity contribution in [3.8, 4) is 0 Å². The molecule has 0 aliphatic carbocycles. The predicted molar refractivity (Wildman–Crippen MR) is 103 cm³/mol. The minimum atomic E-state index is -1.95. The number of hydrogen-bond acceptors (Lipinski definition) is 11. The molecule has 1 aliphatic rings. The predicted octanol–water partition coefficient (Wildman–Crippen LogP) is -3.06.